The summed E-state index contributed by atoms with van der Waals surface area (Å²) in [5.41, 5.74) is -0.00264. The van der Waals surface area contributed by atoms with Crippen molar-refractivity contribution in [2.45, 2.75) is 23.8 Å². The van der Waals surface area contributed by atoms with Gasteiger partial charge in [0, 0.05) is 12.7 Å². The first kappa shape index (κ1) is 14.5. The second kappa shape index (κ2) is 5.25. The minimum Gasteiger partial charge on any atom is -0.480 e. The average molecular weight is 302 g/mol. The van der Waals surface area contributed by atoms with E-state index in [1.54, 1.807) is 0 Å². The van der Waals surface area contributed by atoms with E-state index in [2.05, 4.69) is 9.72 Å². The SMILES string of the molecule is COC(=O)c1cc(S(=O)(=O)N2CCCC2C(=O)O)c[nH]1. The minimum absolute atomic E-state index is 0.00264. The molecule has 0 aliphatic carbocycles. The van der Waals surface area contributed by atoms with E-state index in [1.165, 1.54) is 7.11 Å². The second-order valence-corrected chi connectivity index (χ2v) is 6.24. The molecule has 20 heavy (non-hydrogen) atoms. The monoisotopic (exact) mass is 302 g/mol. The number of carbonyl (C=O) groups is 2. The Morgan fingerprint density at radius 1 is 1.50 bits per heavy atom. The van der Waals surface area contributed by atoms with Gasteiger partial charge in [-0.2, -0.15) is 4.31 Å². The maximum absolute atomic E-state index is 12.4. The zero-order valence-corrected chi connectivity index (χ0v) is 11.5. The van der Waals surface area contributed by atoms with E-state index in [-0.39, 0.29) is 23.6 Å². The lowest BCUT2D eigenvalue weighted by Crippen LogP contribution is -2.40. The first-order chi connectivity index (χ1) is 9.37. The number of aromatic amines is 1. The molecule has 0 radical (unpaired) electrons. The van der Waals surface area contributed by atoms with Crippen molar-refractivity contribution in [2.24, 2.45) is 0 Å². The molecule has 0 aromatic carbocycles. The van der Waals surface area contributed by atoms with Crippen molar-refractivity contribution in [1.29, 1.82) is 0 Å². The lowest BCUT2D eigenvalue weighted by molar-refractivity contribution is -0.140. The van der Waals surface area contributed by atoms with Crippen molar-refractivity contribution in [3.63, 3.8) is 0 Å². The fourth-order valence-corrected chi connectivity index (χ4v) is 3.81. The lowest BCUT2D eigenvalue weighted by atomic mass is 10.2. The van der Waals surface area contributed by atoms with Crippen LogP contribution in [-0.4, -0.2) is 54.4 Å². The number of carbonyl (C=O) groups excluding carboxylic acids is 1. The molecule has 110 valence electrons. The number of sulfonamides is 1. The van der Waals surface area contributed by atoms with E-state index >= 15 is 0 Å². The molecule has 0 saturated carbocycles. The number of H-pyrrole nitrogens is 1. The number of nitrogens with zero attached hydrogens (tertiary/aromatic N) is 1. The third-order valence-electron chi connectivity index (χ3n) is 3.16. The van der Waals surface area contributed by atoms with Crippen LogP contribution in [0.25, 0.3) is 0 Å². The third kappa shape index (κ3) is 2.41. The van der Waals surface area contributed by atoms with E-state index in [1.807, 2.05) is 0 Å². The van der Waals surface area contributed by atoms with Gasteiger partial charge < -0.3 is 14.8 Å². The number of esters is 1. The number of carboxylic acid groups (broad SMARTS) is 1. The van der Waals surface area contributed by atoms with Crippen molar-refractivity contribution < 1.29 is 27.9 Å². The van der Waals surface area contributed by atoms with Crippen LogP contribution in [0.1, 0.15) is 23.3 Å². The van der Waals surface area contributed by atoms with Gasteiger partial charge in [-0.3, -0.25) is 4.79 Å². The van der Waals surface area contributed by atoms with Crippen LogP contribution in [0.5, 0.6) is 0 Å². The number of aliphatic carboxylic acids is 1. The van der Waals surface area contributed by atoms with Crippen LogP contribution in [0.2, 0.25) is 0 Å². The molecule has 0 bridgehead atoms. The highest BCUT2D eigenvalue weighted by Crippen LogP contribution is 2.26. The molecule has 2 heterocycles. The van der Waals surface area contributed by atoms with Gasteiger partial charge in [0.15, 0.2) is 0 Å². The van der Waals surface area contributed by atoms with E-state index < -0.39 is 28.0 Å². The second-order valence-electron chi connectivity index (χ2n) is 4.35. The molecule has 1 unspecified atom stereocenters. The number of hydrogen-bond donors (Lipinski definition) is 2. The first-order valence-electron chi connectivity index (χ1n) is 5.89. The molecule has 0 amide bonds. The Bertz CT molecular complexity index is 635. The number of aromatic nitrogens is 1. The first-order valence-corrected chi connectivity index (χ1v) is 7.33. The summed E-state index contributed by atoms with van der Waals surface area (Å²) in [5.74, 6) is -1.86. The largest absolute Gasteiger partial charge is 0.480 e. The van der Waals surface area contributed by atoms with Crippen LogP contribution < -0.4 is 0 Å². The quantitative estimate of drug-likeness (QED) is 0.758. The Hall–Kier alpha value is -1.87. The molecule has 1 aliphatic heterocycles. The highest BCUT2D eigenvalue weighted by Gasteiger charge is 2.40. The van der Waals surface area contributed by atoms with E-state index in [0.29, 0.717) is 6.42 Å². The molecular formula is C11H14N2O6S. The molecule has 1 saturated heterocycles. The van der Waals surface area contributed by atoms with Gasteiger partial charge in [0.1, 0.15) is 16.6 Å². The number of ether oxygens (including phenoxy) is 1. The summed E-state index contributed by atoms with van der Waals surface area (Å²) in [5, 5.41) is 9.04. The van der Waals surface area contributed by atoms with Gasteiger partial charge in [0.2, 0.25) is 10.0 Å². The van der Waals surface area contributed by atoms with Crippen molar-refractivity contribution in [1.82, 2.24) is 9.29 Å². The van der Waals surface area contributed by atoms with Crippen molar-refractivity contribution in [3.8, 4) is 0 Å². The Labute approximate surface area is 115 Å². The summed E-state index contributed by atoms with van der Waals surface area (Å²) in [7, 11) is -2.76. The van der Waals surface area contributed by atoms with Gasteiger partial charge in [0.25, 0.3) is 0 Å². The standard InChI is InChI=1S/C11H14N2O6S/c1-19-11(16)8-5-7(6-12-8)20(17,18)13-4-2-3-9(13)10(14)15/h5-6,9,12H,2-4H2,1H3,(H,14,15). The average Bonchev–Trinajstić information content (AvgIpc) is 3.06. The maximum atomic E-state index is 12.4. The van der Waals surface area contributed by atoms with E-state index in [0.717, 1.165) is 16.6 Å². The fraction of sp³-hybridized carbons (Fsp3) is 0.455. The van der Waals surface area contributed by atoms with Crippen LogP contribution in [0.15, 0.2) is 17.2 Å². The van der Waals surface area contributed by atoms with Crippen LogP contribution in [-0.2, 0) is 19.6 Å². The summed E-state index contributed by atoms with van der Waals surface area (Å²) < 4.78 is 30.1. The highest BCUT2D eigenvalue weighted by atomic mass is 32.2. The summed E-state index contributed by atoms with van der Waals surface area (Å²) in [6.07, 6.45) is 1.92. The molecule has 1 aromatic rings. The molecule has 1 atom stereocenters. The van der Waals surface area contributed by atoms with Crippen LogP contribution in [0, 0.1) is 0 Å². The number of hydrogen-bond acceptors (Lipinski definition) is 5. The Morgan fingerprint density at radius 2 is 2.20 bits per heavy atom. The number of nitrogens with one attached hydrogen (secondary N) is 1. The van der Waals surface area contributed by atoms with Gasteiger partial charge in [-0.15, -0.1) is 0 Å². The molecule has 8 nitrogen and oxygen atoms in total. The molecule has 0 spiro atoms. The molecule has 2 N–H and O–H groups in total. The molecule has 1 fully saturated rings. The predicted octanol–water partition coefficient (Wildman–Crippen LogP) is 0.0390. The number of rotatable bonds is 4. The topological polar surface area (TPSA) is 117 Å². The summed E-state index contributed by atoms with van der Waals surface area (Å²) in [6.45, 7) is 0.151. The third-order valence-corrected chi connectivity index (χ3v) is 5.04. The summed E-state index contributed by atoms with van der Waals surface area (Å²) in [6, 6.07) is 0.0785. The van der Waals surface area contributed by atoms with Gasteiger partial charge in [-0.05, 0) is 18.9 Å². The van der Waals surface area contributed by atoms with Crippen molar-refractivity contribution in [3.05, 3.63) is 18.0 Å². The Kier molecular flexibility index (Phi) is 3.82. The molecule has 1 aliphatic rings. The zero-order valence-electron chi connectivity index (χ0n) is 10.7. The maximum Gasteiger partial charge on any atom is 0.354 e. The van der Waals surface area contributed by atoms with Gasteiger partial charge in [0.05, 0.1) is 7.11 Å². The van der Waals surface area contributed by atoms with Crippen LogP contribution in [0.4, 0.5) is 0 Å². The fourth-order valence-electron chi connectivity index (χ4n) is 2.16. The highest BCUT2D eigenvalue weighted by molar-refractivity contribution is 7.89. The predicted molar refractivity (Wildman–Crippen MR) is 66.7 cm³/mol. The molecule has 2 rings (SSSR count). The number of carboxylic acids is 1. The Balaban J connectivity index is 2.33. The summed E-state index contributed by atoms with van der Waals surface area (Å²) in [4.78, 5) is 24.7. The van der Waals surface area contributed by atoms with Crippen molar-refractivity contribution >= 4 is 22.0 Å². The number of methoxy groups -OCH3 is 1. The molecule has 9 heteroatoms. The normalized spacial score (nSPS) is 19.9. The smallest absolute Gasteiger partial charge is 0.354 e. The molecular weight excluding hydrogens is 288 g/mol. The van der Waals surface area contributed by atoms with E-state index in [9.17, 15) is 18.0 Å². The molecule has 1 aromatic heterocycles. The van der Waals surface area contributed by atoms with E-state index in [4.69, 9.17) is 5.11 Å². The van der Waals surface area contributed by atoms with Crippen LogP contribution >= 0.6 is 0 Å². The van der Waals surface area contributed by atoms with Gasteiger partial charge in [-0.25, -0.2) is 13.2 Å². The van der Waals surface area contributed by atoms with Crippen molar-refractivity contribution in [2.75, 3.05) is 13.7 Å². The van der Waals surface area contributed by atoms with Gasteiger partial charge >= 0.3 is 11.9 Å². The minimum atomic E-state index is -3.94. The van der Waals surface area contributed by atoms with Crippen LogP contribution in [0.3, 0.4) is 0 Å². The van der Waals surface area contributed by atoms with Gasteiger partial charge in [-0.1, -0.05) is 0 Å². The lowest BCUT2D eigenvalue weighted by Gasteiger charge is -2.19. The Morgan fingerprint density at radius 3 is 2.80 bits per heavy atom. The summed E-state index contributed by atoms with van der Waals surface area (Å²) >= 11 is 0. The zero-order chi connectivity index (χ0) is 14.9.